The van der Waals surface area contributed by atoms with Crippen LogP contribution in [0.4, 0.5) is 0 Å². The van der Waals surface area contributed by atoms with Gasteiger partial charge in [0.15, 0.2) is 0 Å². The van der Waals surface area contributed by atoms with Crippen molar-refractivity contribution in [2.24, 2.45) is 0 Å². The number of hydrogen-bond acceptors (Lipinski definition) is 2. The molecule has 88 valence electrons. The van der Waals surface area contributed by atoms with Gasteiger partial charge in [0.1, 0.15) is 13.2 Å². The molecule has 0 saturated heterocycles. The van der Waals surface area contributed by atoms with E-state index in [2.05, 4.69) is 0 Å². The van der Waals surface area contributed by atoms with Crippen molar-refractivity contribution in [3.05, 3.63) is 70.7 Å². The van der Waals surface area contributed by atoms with Gasteiger partial charge in [0.2, 0.25) is 0 Å². The molecule has 2 nitrogen and oxygen atoms in total. The largest absolute Gasteiger partial charge is 0.232 e. The van der Waals surface area contributed by atoms with Gasteiger partial charge in [0.25, 0.3) is 0 Å². The summed E-state index contributed by atoms with van der Waals surface area (Å²) in [6.45, 7) is 0.842. The van der Waals surface area contributed by atoms with Crippen LogP contribution in [0.2, 0.25) is 5.02 Å². The van der Waals surface area contributed by atoms with E-state index < -0.39 is 0 Å². The molecule has 2 aromatic rings. The highest BCUT2D eigenvalue weighted by atomic mass is 35.5. The molecule has 0 aliphatic carbocycles. The normalized spacial score (nSPS) is 10.4. The SMILES string of the molecule is Clc1cccc(COOCc2ccccc2)c1. The minimum Gasteiger partial charge on any atom is -0.232 e. The lowest BCUT2D eigenvalue weighted by Crippen LogP contribution is -1.96. The summed E-state index contributed by atoms with van der Waals surface area (Å²) in [4.78, 5) is 10.2. The van der Waals surface area contributed by atoms with Crippen molar-refractivity contribution in [1.82, 2.24) is 0 Å². The van der Waals surface area contributed by atoms with E-state index in [4.69, 9.17) is 21.4 Å². The van der Waals surface area contributed by atoms with Crippen molar-refractivity contribution in [2.45, 2.75) is 13.2 Å². The summed E-state index contributed by atoms with van der Waals surface area (Å²) in [6.07, 6.45) is 0. The van der Waals surface area contributed by atoms with E-state index in [1.165, 1.54) is 0 Å². The van der Waals surface area contributed by atoms with Gasteiger partial charge in [-0.2, -0.15) is 0 Å². The first-order chi connectivity index (χ1) is 8.34. The van der Waals surface area contributed by atoms with Gasteiger partial charge in [0, 0.05) is 5.02 Å². The Morgan fingerprint density at radius 2 is 1.41 bits per heavy atom. The fraction of sp³-hybridized carbons (Fsp3) is 0.143. The van der Waals surface area contributed by atoms with Gasteiger partial charge in [0.05, 0.1) is 0 Å². The molecule has 3 heteroatoms. The van der Waals surface area contributed by atoms with E-state index in [0.29, 0.717) is 18.2 Å². The Bertz CT molecular complexity index is 457. The molecule has 0 bridgehead atoms. The zero-order chi connectivity index (χ0) is 11.9. The molecule has 0 atom stereocenters. The van der Waals surface area contributed by atoms with Crippen molar-refractivity contribution in [2.75, 3.05) is 0 Å². The van der Waals surface area contributed by atoms with Crippen LogP contribution in [0.25, 0.3) is 0 Å². The van der Waals surface area contributed by atoms with Crippen molar-refractivity contribution < 1.29 is 9.78 Å². The summed E-state index contributed by atoms with van der Waals surface area (Å²) in [7, 11) is 0. The van der Waals surface area contributed by atoms with E-state index in [-0.39, 0.29) is 0 Å². The summed E-state index contributed by atoms with van der Waals surface area (Å²) in [5, 5.41) is 0.703. The molecule has 0 radical (unpaired) electrons. The van der Waals surface area contributed by atoms with E-state index >= 15 is 0 Å². The Morgan fingerprint density at radius 3 is 2.12 bits per heavy atom. The molecule has 0 saturated carbocycles. The van der Waals surface area contributed by atoms with Crippen molar-refractivity contribution in [1.29, 1.82) is 0 Å². The second-order valence-electron chi connectivity index (χ2n) is 3.64. The summed E-state index contributed by atoms with van der Waals surface area (Å²) < 4.78 is 0. The first-order valence-electron chi connectivity index (χ1n) is 5.37. The predicted molar refractivity (Wildman–Crippen MR) is 67.5 cm³/mol. The van der Waals surface area contributed by atoms with Crippen molar-refractivity contribution in [3.8, 4) is 0 Å². The zero-order valence-electron chi connectivity index (χ0n) is 9.30. The first-order valence-corrected chi connectivity index (χ1v) is 5.75. The summed E-state index contributed by atoms with van der Waals surface area (Å²) >= 11 is 5.86. The first kappa shape index (κ1) is 12.1. The highest BCUT2D eigenvalue weighted by Crippen LogP contribution is 2.11. The molecular formula is C14H13ClO2. The van der Waals surface area contributed by atoms with Gasteiger partial charge in [-0.3, -0.25) is 0 Å². The lowest BCUT2D eigenvalue weighted by molar-refractivity contribution is -0.313. The number of rotatable bonds is 5. The minimum absolute atomic E-state index is 0.396. The molecule has 0 spiro atoms. The number of halogens is 1. The highest BCUT2D eigenvalue weighted by molar-refractivity contribution is 6.30. The van der Waals surface area contributed by atoms with E-state index in [1.807, 2.05) is 54.6 Å². The average molecular weight is 249 g/mol. The third-order valence-corrected chi connectivity index (χ3v) is 2.50. The van der Waals surface area contributed by atoms with Crippen LogP contribution in [0, 0.1) is 0 Å². The van der Waals surface area contributed by atoms with Gasteiger partial charge in [-0.25, -0.2) is 9.78 Å². The predicted octanol–water partition coefficient (Wildman–Crippen LogP) is 3.99. The second kappa shape index (κ2) is 6.40. The van der Waals surface area contributed by atoms with E-state index in [1.54, 1.807) is 0 Å². The lowest BCUT2D eigenvalue weighted by Gasteiger charge is -2.04. The maximum Gasteiger partial charge on any atom is 0.107 e. The Kier molecular flexibility index (Phi) is 4.56. The minimum atomic E-state index is 0.396. The molecule has 2 aromatic carbocycles. The molecule has 0 fully saturated rings. The zero-order valence-corrected chi connectivity index (χ0v) is 10.1. The van der Waals surface area contributed by atoms with Crippen LogP contribution in [0.5, 0.6) is 0 Å². The lowest BCUT2D eigenvalue weighted by atomic mass is 10.2. The maximum absolute atomic E-state index is 5.86. The van der Waals surface area contributed by atoms with Gasteiger partial charge in [-0.1, -0.05) is 54.1 Å². The second-order valence-corrected chi connectivity index (χ2v) is 4.08. The Labute approximate surface area is 106 Å². The molecule has 0 aliphatic rings. The van der Waals surface area contributed by atoms with Crippen LogP contribution in [0.1, 0.15) is 11.1 Å². The van der Waals surface area contributed by atoms with Gasteiger partial charge in [-0.15, -0.1) is 0 Å². The van der Waals surface area contributed by atoms with Gasteiger partial charge < -0.3 is 0 Å². The van der Waals surface area contributed by atoms with E-state index in [0.717, 1.165) is 11.1 Å². The smallest absolute Gasteiger partial charge is 0.107 e. The van der Waals surface area contributed by atoms with Crippen LogP contribution in [-0.4, -0.2) is 0 Å². The fourth-order valence-corrected chi connectivity index (χ4v) is 1.63. The molecule has 17 heavy (non-hydrogen) atoms. The van der Waals surface area contributed by atoms with E-state index in [9.17, 15) is 0 Å². The standard InChI is InChI=1S/C14H13ClO2/c15-14-8-4-7-13(9-14)11-17-16-10-12-5-2-1-3-6-12/h1-9H,10-11H2. The molecule has 0 heterocycles. The van der Waals surface area contributed by atoms with Crippen LogP contribution < -0.4 is 0 Å². The Hall–Kier alpha value is -1.35. The Morgan fingerprint density at radius 1 is 0.765 bits per heavy atom. The molecule has 0 unspecified atom stereocenters. The molecule has 2 rings (SSSR count). The van der Waals surface area contributed by atoms with Crippen molar-refractivity contribution in [3.63, 3.8) is 0 Å². The van der Waals surface area contributed by atoms with Crippen LogP contribution >= 0.6 is 11.6 Å². The topological polar surface area (TPSA) is 18.5 Å². The quantitative estimate of drug-likeness (QED) is 0.453. The summed E-state index contributed by atoms with van der Waals surface area (Å²) in [5.41, 5.74) is 2.07. The van der Waals surface area contributed by atoms with Crippen LogP contribution in [0.3, 0.4) is 0 Å². The molecule has 0 amide bonds. The monoisotopic (exact) mass is 248 g/mol. The fourth-order valence-electron chi connectivity index (χ4n) is 1.42. The van der Waals surface area contributed by atoms with Crippen molar-refractivity contribution >= 4 is 11.6 Å². The third kappa shape index (κ3) is 4.19. The number of benzene rings is 2. The van der Waals surface area contributed by atoms with Crippen LogP contribution in [-0.2, 0) is 23.0 Å². The summed E-state index contributed by atoms with van der Waals surface area (Å²) in [6, 6.07) is 17.4. The number of hydrogen-bond donors (Lipinski definition) is 0. The molecule has 0 N–H and O–H groups in total. The van der Waals surface area contributed by atoms with Crippen LogP contribution in [0.15, 0.2) is 54.6 Å². The Balaban J connectivity index is 1.73. The van der Waals surface area contributed by atoms with Gasteiger partial charge >= 0.3 is 0 Å². The van der Waals surface area contributed by atoms with Gasteiger partial charge in [-0.05, 0) is 23.3 Å². The highest BCUT2D eigenvalue weighted by Gasteiger charge is 1.96. The average Bonchev–Trinajstić information content (AvgIpc) is 2.36. The maximum atomic E-state index is 5.86. The molecule has 0 aromatic heterocycles. The molecule has 0 aliphatic heterocycles. The molecular weight excluding hydrogens is 236 g/mol. The third-order valence-electron chi connectivity index (χ3n) is 2.27. The summed E-state index contributed by atoms with van der Waals surface area (Å²) in [5.74, 6) is 0.